The number of ketones is 1. The summed E-state index contributed by atoms with van der Waals surface area (Å²) in [6.45, 7) is 8.95. The number of carbonyl (C=O) groups excluding carboxylic acids is 1. The van der Waals surface area contributed by atoms with Crippen LogP contribution in [0.15, 0.2) is 182 Å². The van der Waals surface area contributed by atoms with E-state index >= 15 is 0 Å². The number of aromatic hydroxyl groups is 1. The highest BCUT2D eigenvalue weighted by Gasteiger charge is 2.20. The van der Waals surface area contributed by atoms with Gasteiger partial charge in [0.15, 0.2) is 11.4 Å². The van der Waals surface area contributed by atoms with E-state index in [0.717, 1.165) is 63.4 Å². The average Bonchev–Trinajstić information content (AvgIpc) is 3.72. The molecule has 10 heteroatoms. The van der Waals surface area contributed by atoms with Crippen molar-refractivity contribution in [3.05, 3.63) is 233 Å². The Balaban J connectivity index is 0.000000166. The van der Waals surface area contributed by atoms with E-state index in [0.29, 0.717) is 56.1 Å². The number of nitrogen functional groups attached to an aromatic ring is 1. The number of hydrogen-bond acceptors (Lipinski definition) is 9. The highest BCUT2D eigenvalue weighted by atomic mass is 16.7. The van der Waals surface area contributed by atoms with Crippen LogP contribution in [0.3, 0.4) is 0 Å². The molecule has 6 aromatic carbocycles. The number of anilines is 1. The maximum absolute atomic E-state index is 11.8. The number of Topliss-reactive ketones (excluding diaryl/α,β-unsaturated/α-hetero) is 1. The zero-order valence-electron chi connectivity index (χ0n) is 40.5. The van der Waals surface area contributed by atoms with Gasteiger partial charge in [0, 0.05) is 56.2 Å². The summed E-state index contributed by atoms with van der Waals surface area (Å²) in [5.74, 6) is 0.639. The zero-order valence-corrected chi connectivity index (χ0v) is 40.5. The van der Waals surface area contributed by atoms with E-state index in [1.54, 1.807) is 10.6 Å². The van der Waals surface area contributed by atoms with Crippen LogP contribution in [-0.2, 0) is 52.8 Å². The minimum Gasteiger partial charge on any atom is -0.493 e. The standard InChI is InChI=1S/C28H25N3O.C19H19N3.C13H18O3/c1-2-20-13-15-23(16-14-20)26-19-31-27(24(29-26)17-21-9-5-3-6-10-21)30-25(28(31)32)18-22-11-7-4-8-12-22;1-2-14-8-10-16(11-9-14)18-13-21-19(20)17(22-18)12-15-6-4-3-5-7-15;1-3-15-13(16-4-2)12(14)10-11-8-6-5-7-9-11/h3-16,19,32H,2,17-18H2,1H3;3-11,13H,2,12H2,1H3,(H2,20,21);5-9,13H,3-4,10H2,1-2H3. The van der Waals surface area contributed by atoms with E-state index in [1.165, 1.54) is 16.7 Å². The number of nitrogens with zero attached hydrogens (tertiary/aromatic N) is 5. The minimum atomic E-state index is -0.727. The lowest BCUT2D eigenvalue weighted by molar-refractivity contribution is -0.167. The van der Waals surface area contributed by atoms with Crippen LogP contribution in [-0.4, -0.2) is 54.7 Å². The number of aryl methyl sites for hydroxylation is 2. The second kappa shape index (κ2) is 25.5. The average molecular weight is 931 g/mol. The van der Waals surface area contributed by atoms with Crippen molar-refractivity contribution in [2.24, 2.45) is 0 Å². The van der Waals surface area contributed by atoms with Crippen molar-refractivity contribution < 1.29 is 19.4 Å². The van der Waals surface area contributed by atoms with E-state index in [4.69, 9.17) is 30.2 Å². The largest absolute Gasteiger partial charge is 0.493 e. The van der Waals surface area contributed by atoms with Gasteiger partial charge in [0.25, 0.3) is 0 Å². The minimum absolute atomic E-state index is 0.0325. The topological polar surface area (TPSA) is 138 Å². The van der Waals surface area contributed by atoms with Crippen LogP contribution in [0.2, 0.25) is 0 Å². The molecule has 70 heavy (non-hydrogen) atoms. The predicted octanol–water partition coefficient (Wildman–Crippen LogP) is 11.9. The molecule has 0 atom stereocenters. The number of benzene rings is 6. The molecule has 0 radical (unpaired) electrons. The molecule has 0 fully saturated rings. The first kappa shape index (κ1) is 50.1. The summed E-state index contributed by atoms with van der Waals surface area (Å²) in [5, 5.41) is 11.1. The smallest absolute Gasteiger partial charge is 0.219 e. The molecule has 3 heterocycles. The number of imidazole rings is 1. The van der Waals surface area contributed by atoms with Crippen LogP contribution in [0.4, 0.5) is 5.82 Å². The molecule has 0 amide bonds. The molecule has 9 aromatic rings. The Bertz CT molecular complexity index is 3000. The quantitative estimate of drug-likeness (QED) is 0.0855. The first-order valence-electron chi connectivity index (χ1n) is 24.1. The third kappa shape index (κ3) is 13.9. The summed E-state index contributed by atoms with van der Waals surface area (Å²) in [7, 11) is 0. The Morgan fingerprint density at radius 1 is 0.529 bits per heavy atom. The Morgan fingerprint density at radius 2 is 0.957 bits per heavy atom. The maximum atomic E-state index is 11.8. The Kier molecular flexibility index (Phi) is 18.3. The molecule has 10 nitrogen and oxygen atoms in total. The van der Waals surface area contributed by atoms with Gasteiger partial charge in [-0.2, -0.15) is 0 Å². The van der Waals surface area contributed by atoms with Gasteiger partial charge < -0.3 is 20.3 Å². The number of hydrogen-bond donors (Lipinski definition) is 2. The third-order valence-corrected chi connectivity index (χ3v) is 11.7. The van der Waals surface area contributed by atoms with E-state index in [1.807, 2.05) is 117 Å². The fourth-order valence-corrected chi connectivity index (χ4v) is 7.83. The van der Waals surface area contributed by atoms with Crippen LogP contribution in [0.25, 0.3) is 28.2 Å². The molecular formula is C60H62N6O4. The number of rotatable bonds is 17. The number of fused-ring (bicyclic) bond motifs is 1. The number of ether oxygens (including phenoxy) is 2. The lowest BCUT2D eigenvalue weighted by Crippen LogP contribution is -2.29. The first-order chi connectivity index (χ1) is 34.2. The van der Waals surface area contributed by atoms with Crippen molar-refractivity contribution in [1.82, 2.24) is 24.3 Å². The van der Waals surface area contributed by atoms with E-state index in [9.17, 15) is 9.90 Å². The molecule has 356 valence electrons. The number of carbonyl (C=O) groups is 1. The van der Waals surface area contributed by atoms with Gasteiger partial charge in [0.2, 0.25) is 12.2 Å². The van der Waals surface area contributed by atoms with Crippen molar-refractivity contribution in [2.75, 3.05) is 18.9 Å². The molecule has 0 aliphatic rings. The SMILES string of the molecule is CCOC(OCC)C(=O)Cc1ccccc1.CCc1ccc(-c2cn3c(O)c(Cc4ccccc4)nc3c(Cc3ccccc3)n2)cc1.CCc1ccc(-c2cnc(N)c(Cc3ccccc3)n2)cc1. The van der Waals surface area contributed by atoms with Crippen LogP contribution in [0, 0.1) is 0 Å². The second-order valence-electron chi connectivity index (χ2n) is 16.7. The van der Waals surface area contributed by atoms with Crippen molar-refractivity contribution in [1.29, 1.82) is 0 Å². The summed E-state index contributed by atoms with van der Waals surface area (Å²) in [6, 6.07) is 57.0. The second-order valence-corrected chi connectivity index (χ2v) is 16.7. The normalized spacial score (nSPS) is 10.9. The molecule has 0 unspecified atom stereocenters. The first-order valence-corrected chi connectivity index (χ1v) is 24.1. The van der Waals surface area contributed by atoms with E-state index < -0.39 is 6.29 Å². The maximum Gasteiger partial charge on any atom is 0.219 e. The molecule has 0 aliphatic carbocycles. The molecule has 0 spiro atoms. The summed E-state index contributed by atoms with van der Waals surface area (Å²) < 4.78 is 12.3. The van der Waals surface area contributed by atoms with Crippen molar-refractivity contribution in [3.8, 4) is 28.4 Å². The molecule has 0 saturated carbocycles. The number of nitrogens with two attached hydrogens (primary N) is 1. The Morgan fingerprint density at radius 3 is 1.43 bits per heavy atom. The molecule has 0 bridgehead atoms. The van der Waals surface area contributed by atoms with Gasteiger partial charge in [-0.3, -0.25) is 9.20 Å². The molecule has 0 saturated heterocycles. The lowest BCUT2D eigenvalue weighted by Gasteiger charge is -2.15. The van der Waals surface area contributed by atoms with Crippen molar-refractivity contribution in [2.45, 2.75) is 72.5 Å². The van der Waals surface area contributed by atoms with Gasteiger partial charge >= 0.3 is 0 Å². The van der Waals surface area contributed by atoms with Gasteiger partial charge in [-0.15, -0.1) is 0 Å². The van der Waals surface area contributed by atoms with Crippen LogP contribution >= 0.6 is 0 Å². The van der Waals surface area contributed by atoms with Gasteiger partial charge in [-0.25, -0.2) is 19.9 Å². The highest BCUT2D eigenvalue weighted by Crippen LogP contribution is 2.29. The van der Waals surface area contributed by atoms with Gasteiger partial charge in [-0.05, 0) is 60.1 Å². The van der Waals surface area contributed by atoms with Crippen LogP contribution < -0.4 is 5.73 Å². The molecular weight excluding hydrogens is 869 g/mol. The van der Waals surface area contributed by atoms with E-state index in [-0.39, 0.29) is 11.7 Å². The van der Waals surface area contributed by atoms with E-state index in [2.05, 4.69) is 91.6 Å². The van der Waals surface area contributed by atoms with Gasteiger partial charge in [0.1, 0.15) is 11.5 Å². The van der Waals surface area contributed by atoms with Crippen molar-refractivity contribution in [3.63, 3.8) is 0 Å². The fourth-order valence-electron chi connectivity index (χ4n) is 7.83. The zero-order chi connectivity index (χ0) is 49.1. The molecule has 3 N–H and O–H groups in total. The lowest BCUT2D eigenvalue weighted by atomic mass is 10.1. The van der Waals surface area contributed by atoms with Gasteiger partial charge in [0.05, 0.1) is 29.0 Å². The van der Waals surface area contributed by atoms with Crippen molar-refractivity contribution >= 4 is 17.2 Å². The Labute approximate surface area is 411 Å². The highest BCUT2D eigenvalue weighted by molar-refractivity contribution is 5.84. The summed E-state index contributed by atoms with van der Waals surface area (Å²) in [4.78, 5) is 30.7. The monoisotopic (exact) mass is 930 g/mol. The van der Waals surface area contributed by atoms with Gasteiger partial charge in [-0.1, -0.05) is 184 Å². The summed E-state index contributed by atoms with van der Waals surface area (Å²) >= 11 is 0. The summed E-state index contributed by atoms with van der Waals surface area (Å²) in [5.41, 5.74) is 19.8. The fraction of sp³-hybridized carbons (Fsp3) is 0.217. The molecule has 0 aliphatic heterocycles. The predicted molar refractivity (Wildman–Crippen MR) is 281 cm³/mol. The van der Waals surface area contributed by atoms with Crippen LogP contribution in [0.1, 0.15) is 78.2 Å². The van der Waals surface area contributed by atoms with Crippen LogP contribution in [0.5, 0.6) is 5.88 Å². The number of aromatic nitrogens is 5. The summed E-state index contributed by atoms with van der Waals surface area (Å²) in [6.07, 6.45) is 7.20. The molecule has 3 aromatic heterocycles. The molecule has 9 rings (SSSR count). The third-order valence-electron chi connectivity index (χ3n) is 11.7. The Hall–Kier alpha value is -7.79.